The Bertz CT molecular complexity index is 459. The second-order valence-electron chi connectivity index (χ2n) is 3.31. The predicted molar refractivity (Wildman–Crippen MR) is 54.5 cm³/mol. The molecular weight excluding hydrogens is 195 g/mol. The largest absolute Gasteiger partial charge is 0.359 e. The van der Waals surface area contributed by atoms with Gasteiger partial charge in [0.2, 0.25) is 0 Å². The molecule has 2 rings (SSSR count). The fourth-order valence-electron chi connectivity index (χ4n) is 1.48. The Hall–Kier alpha value is -1.68. The third-order valence-electron chi connectivity index (χ3n) is 2.24. The maximum atomic E-state index is 13.5. The number of nitrogens with zero attached hydrogens (tertiary/aromatic N) is 1. The van der Waals surface area contributed by atoms with E-state index in [2.05, 4.69) is 5.16 Å². The average Bonchev–Trinajstić information content (AvgIpc) is 2.66. The molecule has 0 atom stereocenters. The molecule has 15 heavy (non-hydrogen) atoms. The van der Waals surface area contributed by atoms with Crippen LogP contribution in [0.15, 0.2) is 28.8 Å². The van der Waals surface area contributed by atoms with Crippen LogP contribution in [0.25, 0.3) is 11.3 Å². The Balaban J connectivity index is 2.53. The van der Waals surface area contributed by atoms with Crippen LogP contribution >= 0.6 is 0 Å². The van der Waals surface area contributed by atoms with Gasteiger partial charge in [0.05, 0.1) is 6.54 Å². The van der Waals surface area contributed by atoms with Crippen molar-refractivity contribution in [2.75, 3.05) is 0 Å². The van der Waals surface area contributed by atoms with Gasteiger partial charge in [0.1, 0.15) is 11.5 Å². The first kappa shape index (κ1) is 9.86. The molecule has 0 aliphatic carbocycles. The summed E-state index contributed by atoms with van der Waals surface area (Å²) in [5.41, 5.74) is 7.18. The highest BCUT2D eigenvalue weighted by atomic mass is 19.1. The van der Waals surface area contributed by atoms with Gasteiger partial charge in [-0.1, -0.05) is 17.3 Å². The summed E-state index contributed by atoms with van der Waals surface area (Å²) >= 11 is 0. The molecule has 1 heterocycles. The molecule has 1 aromatic heterocycles. The highest BCUT2D eigenvalue weighted by molar-refractivity contribution is 5.63. The van der Waals surface area contributed by atoms with Gasteiger partial charge in [-0.15, -0.1) is 0 Å². The molecule has 0 spiro atoms. The molecule has 0 amide bonds. The summed E-state index contributed by atoms with van der Waals surface area (Å²) in [5, 5.41) is 3.78. The van der Waals surface area contributed by atoms with E-state index in [-0.39, 0.29) is 12.4 Å². The zero-order valence-corrected chi connectivity index (χ0v) is 8.33. The number of aromatic nitrogens is 1. The van der Waals surface area contributed by atoms with Gasteiger partial charge in [0.25, 0.3) is 0 Å². The quantitative estimate of drug-likeness (QED) is 0.819. The molecule has 3 nitrogen and oxygen atoms in total. The van der Waals surface area contributed by atoms with Crippen molar-refractivity contribution in [2.45, 2.75) is 13.5 Å². The fourth-order valence-corrected chi connectivity index (χ4v) is 1.48. The summed E-state index contributed by atoms with van der Waals surface area (Å²) in [5.74, 6) is 0.250. The van der Waals surface area contributed by atoms with E-state index in [1.165, 1.54) is 6.07 Å². The van der Waals surface area contributed by atoms with E-state index >= 15 is 0 Å². The Labute approximate surface area is 86.7 Å². The summed E-state index contributed by atoms with van der Waals surface area (Å²) in [4.78, 5) is 0. The van der Waals surface area contributed by atoms with Gasteiger partial charge in [-0.2, -0.15) is 0 Å². The van der Waals surface area contributed by atoms with Crippen molar-refractivity contribution in [3.05, 3.63) is 41.4 Å². The van der Waals surface area contributed by atoms with Crippen LogP contribution in [0, 0.1) is 12.7 Å². The van der Waals surface area contributed by atoms with Gasteiger partial charge in [0, 0.05) is 11.6 Å². The van der Waals surface area contributed by atoms with Crippen LogP contribution in [0.2, 0.25) is 0 Å². The lowest BCUT2D eigenvalue weighted by Gasteiger charge is -2.01. The third-order valence-corrected chi connectivity index (χ3v) is 2.24. The summed E-state index contributed by atoms with van der Waals surface area (Å²) < 4.78 is 18.5. The molecule has 0 fully saturated rings. The molecule has 78 valence electrons. The van der Waals surface area contributed by atoms with Crippen LogP contribution in [0.4, 0.5) is 4.39 Å². The molecule has 0 bridgehead atoms. The maximum absolute atomic E-state index is 13.5. The molecule has 0 aliphatic rings. The van der Waals surface area contributed by atoms with E-state index < -0.39 is 0 Å². The van der Waals surface area contributed by atoms with E-state index in [1.807, 2.05) is 13.0 Å². The normalized spacial score (nSPS) is 10.6. The topological polar surface area (TPSA) is 52.0 Å². The summed E-state index contributed by atoms with van der Waals surface area (Å²) in [6, 6.07) is 6.55. The summed E-state index contributed by atoms with van der Waals surface area (Å²) in [6.07, 6.45) is 0. The van der Waals surface area contributed by atoms with Gasteiger partial charge in [-0.3, -0.25) is 0 Å². The van der Waals surface area contributed by atoms with Crippen molar-refractivity contribution in [1.82, 2.24) is 5.16 Å². The molecule has 0 saturated carbocycles. The number of halogens is 1. The molecule has 2 aromatic rings. The predicted octanol–water partition coefficient (Wildman–Crippen LogP) is 2.25. The summed E-state index contributed by atoms with van der Waals surface area (Å²) in [6.45, 7) is 2.09. The lowest BCUT2D eigenvalue weighted by molar-refractivity contribution is 0.386. The maximum Gasteiger partial charge on any atom is 0.150 e. The minimum atomic E-state index is -0.299. The van der Waals surface area contributed by atoms with Crippen molar-refractivity contribution >= 4 is 0 Å². The average molecular weight is 206 g/mol. The van der Waals surface area contributed by atoms with Crippen LogP contribution in [-0.2, 0) is 6.54 Å². The first-order chi connectivity index (χ1) is 7.22. The third kappa shape index (κ3) is 1.76. The highest BCUT2D eigenvalue weighted by Crippen LogP contribution is 2.25. The van der Waals surface area contributed by atoms with E-state index in [9.17, 15) is 4.39 Å². The number of rotatable bonds is 2. The van der Waals surface area contributed by atoms with Crippen molar-refractivity contribution in [3.8, 4) is 11.3 Å². The smallest absolute Gasteiger partial charge is 0.150 e. The standard InChI is InChI=1S/C11H11FN2O/c1-7-3-2-4-9(12)11(7)10-5-8(6-13)15-14-10/h2-5H,6,13H2,1H3. The monoisotopic (exact) mass is 206 g/mol. The zero-order chi connectivity index (χ0) is 10.8. The van der Waals surface area contributed by atoms with Crippen molar-refractivity contribution < 1.29 is 8.91 Å². The van der Waals surface area contributed by atoms with Gasteiger partial charge in [0.15, 0.2) is 5.76 Å². The zero-order valence-electron chi connectivity index (χ0n) is 8.33. The first-order valence-corrected chi connectivity index (χ1v) is 4.63. The molecular formula is C11H11FN2O. The molecule has 0 saturated heterocycles. The minimum Gasteiger partial charge on any atom is -0.359 e. The number of nitrogens with two attached hydrogens (primary N) is 1. The molecule has 2 N–H and O–H groups in total. The highest BCUT2D eigenvalue weighted by Gasteiger charge is 2.12. The minimum absolute atomic E-state index is 0.264. The SMILES string of the molecule is Cc1cccc(F)c1-c1cc(CN)on1. The number of hydrogen-bond acceptors (Lipinski definition) is 3. The van der Waals surface area contributed by atoms with Crippen LogP contribution in [0.1, 0.15) is 11.3 Å². The summed E-state index contributed by atoms with van der Waals surface area (Å²) in [7, 11) is 0. The van der Waals surface area contributed by atoms with E-state index in [0.717, 1.165) is 5.56 Å². The van der Waals surface area contributed by atoms with E-state index in [1.54, 1.807) is 12.1 Å². The molecule has 0 radical (unpaired) electrons. The Morgan fingerprint density at radius 3 is 2.87 bits per heavy atom. The number of hydrogen-bond donors (Lipinski definition) is 1. The van der Waals surface area contributed by atoms with E-state index in [0.29, 0.717) is 17.0 Å². The van der Waals surface area contributed by atoms with Crippen molar-refractivity contribution in [3.63, 3.8) is 0 Å². The second-order valence-corrected chi connectivity index (χ2v) is 3.31. The van der Waals surface area contributed by atoms with Crippen molar-refractivity contribution in [1.29, 1.82) is 0 Å². The van der Waals surface area contributed by atoms with Gasteiger partial charge in [-0.05, 0) is 18.6 Å². The van der Waals surface area contributed by atoms with Crippen LogP contribution in [-0.4, -0.2) is 5.16 Å². The molecule has 4 heteroatoms. The first-order valence-electron chi connectivity index (χ1n) is 4.63. The van der Waals surface area contributed by atoms with Crippen LogP contribution < -0.4 is 5.73 Å². The van der Waals surface area contributed by atoms with Gasteiger partial charge >= 0.3 is 0 Å². The van der Waals surface area contributed by atoms with E-state index in [4.69, 9.17) is 10.3 Å². The Morgan fingerprint density at radius 1 is 1.47 bits per heavy atom. The second kappa shape index (κ2) is 3.82. The van der Waals surface area contributed by atoms with Gasteiger partial charge < -0.3 is 10.3 Å². The molecule has 0 aliphatic heterocycles. The Morgan fingerprint density at radius 2 is 2.27 bits per heavy atom. The number of aryl methyl sites for hydroxylation is 1. The lowest BCUT2D eigenvalue weighted by atomic mass is 10.1. The van der Waals surface area contributed by atoms with Crippen LogP contribution in [0.3, 0.4) is 0 Å². The lowest BCUT2D eigenvalue weighted by Crippen LogP contribution is -1.92. The molecule has 0 unspecified atom stereocenters. The van der Waals surface area contributed by atoms with Gasteiger partial charge in [-0.25, -0.2) is 4.39 Å². The van der Waals surface area contributed by atoms with Crippen LogP contribution in [0.5, 0.6) is 0 Å². The fraction of sp³-hybridized carbons (Fsp3) is 0.182. The van der Waals surface area contributed by atoms with Crippen molar-refractivity contribution in [2.24, 2.45) is 5.73 Å². The number of benzene rings is 1. The Kier molecular flexibility index (Phi) is 2.51. The molecule has 1 aromatic carbocycles.